The molecule has 6 heteroatoms. The van der Waals surface area contributed by atoms with Crippen LogP contribution in [0.15, 0.2) is 40.2 Å². The zero-order valence-corrected chi connectivity index (χ0v) is 18.8. The summed E-state index contributed by atoms with van der Waals surface area (Å²) < 4.78 is 0. The van der Waals surface area contributed by atoms with Crippen LogP contribution in [0.5, 0.6) is 0 Å². The molecule has 2 N–H and O–H groups in total. The van der Waals surface area contributed by atoms with Gasteiger partial charge in [-0.05, 0) is 37.9 Å². The van der Waals surface area contributed by atoms with Crippen LogP contribution in [0.4, 0.5) is 0 Å². The maximum absolute atomic E-state index is 4.39. The van der Waals surface area contributed by atoms with E-state index in [2.05, 4.69) is 64.7 Å². The van der Waals surface area contributed by atoms with Gasteiger partial charge in [-0.1, -0.05) is 32.0 Å². The Bertz CT molecular complexity index is 489. The number of thioether (sulfide) groups is 1. The first-order chi connectivity index (χ1) is 11.7. The minimum atomic E-state index is 0. The highest BCUT2D eigenvalue weighted by Gasteiger charge is 2.19. The molecule has 1 atom stereocenters. The van der Waals surface area contributed by atoms with E-state index in [-0.39, 0.29) is 24.0 Å². The van der Waals surface area contributed by atoms with Crippen molar-refractivity contribution in [3.05, 3.63) is 30.3 Å². The molecule has 1 fully saturated rings. The summed E-state index contributed by atoms with van der Waals surface area (Å²) in [6.07, 6.45) is 3.66. The molecule has 1 saturated heterocycles. The largest absolute Gasteiger partial charge is 0.355 e. The zero-order chi connectivity index (χ0) is 17.2. The summed E-state index contributed by atoms with van der Waals surface area (Å²) in [5, 5.41) is 7.57. The lowest BCUT2D eigenvalue weighted by atomic mass is 10.1. The molecule has 0 amide bonds. The highest BCUT2D eigenvalue weighted by atomic mass is 127. The first kappa shape index (κ1) is 22.6. The number of nitrogens with one attached hydrogen (secondary N) is 2. The van der Waals surface area contributed by atoms with Gasteiger partial charge in [-0.3, -0.25) is 4.99 Å². The van der Waals surface area contributed by atoms with Crippen molar-refractivity contribution in [1.82, 2.24) is 15.5 Å². The number of benzene rings is 1. The summed E-state index contributed by atoms with van der Waals surface area (Å²) in [4.78, 5) is 8.27. The minimum absolute atomic E-state index is 0. The lowest BCUT2D eigenvalue weighted by molar-refractivity contribution is 0.206. The number of likely N-dealkylation sites (tertiary alicyclic amines) is 1. The van der Waals surface area contributed by atoms with Crippen LogP contribution in [-0.2, 0) is 0 Å². The van der Waals surface area contributed by atoms with Crippen LogP contribution in [0.1, 0.15) is 33.1 Å². The average molecular weight is 476 g/mol. The second-order valence-electron chi connectivity index (χ2n) is 6.45. The molecule has 2 rings (SSSR count). The smallest absolute Gasteiger partial charge is 0.191 e. The molecule has 0 aromatic heterocycles. The molecular formula is C19H33IN4S. The van der Waals surface area contributed by atoms with E-state index in [1.165, 1.54) is 43.8 Å². The van der Waals surface area contributed by atoms with E-state index < -0.39 is 0 Å². The summed E-state index contributed by atoms with van der Waals surface area (Å²) >= 11 is 1.90. The first-order valence-corrected chi connectivity index (χ1v) is 10.0. The van der Waals surface area contributed by atoms with Crippen molar-refractivity contribution in [2.24, 2.45) is 4.99 Å². The second kappa shape index (κ2) is 12.8. The predicted octanol–water partition coefficient (Wildman–Crippen LogP) is 3.82. The second-order valence-corrected chi connectivity index (χ2v) is 7.97. The summed E-state index contributed by atoms with van der Waals surface area (Å²) in [6, 6.07) is 11.1. The third-order valence-corrected chi connectivity index (χ3v) is 5.44. The third-order valence-electron chi connectivity index (χ3n) is 4.33. The molecule has 0 spiro atoms. The number of rotatable bonds is 7. The molecule has 1 aromatic rings. The van der Waals surface area contributed by atoms with Gasteiger partial charge in [-0.25, -0.2) is 0 Å². The number of guanidine groups is 1. The van der Waals surface area contributed by atoms with Crippen molar-refractivity contribution < 1.29 is 0 Å². The van der Waals surface area contributed by atoms with Gasteiger partial charge in [-0.2, -0.15) is 0 Å². The summed E-state index contributed by atoms with van der Waals surface area (Å²) in [5.41, 5.74) is 0. The van der Waals surface area contributed by atoms with Crippen LogP contribution in [0.25, 0.3) is 0 Å². The van der Waals surface area contributed by atoms with E-state index in [1.54, 1.807) is 0 Å². The van der Waals surface area contributed by atoms with Crippen LogP contribution >= 0.6 is 35.7 Å². The number of aliphatic imine (C=N–C) groups is 1. The lowest BCUT2D eigenvalue weighted by Crippen LogP contribution is -2.49. The Morgan fingerprint density at radius 1 is 1.28 bits per heavy atom. The van der Waals surface area contributed by atoms with E-state index in [0.717, 1.165) is 12.5 Å². The molecule has 1 aliphatic heterocycles. The first-order valence-electron chi connectivity index (χ1n) is 9.12. The Morgan fingerprint density at radius 2 is 1.96 bits per heavy atom. The Kier molecular flexibility index (Phi) is 11.6. The highest BCUT2D eigenvalue weighted by molar-refractivity contribution is 14.0. The molecule has 1 aromatic carbocycles. The van der Waals surface area contributed by atoms with Gasteiger partial charge in [0.2, 0.25) is 0 Å². The number of halogens is 1. The fourth-order valence-corrected chi connectivity index (χ4v) is 3.96. The standard InChI is InChI=1S/C19H32N4S.HI/c1-4-12-23-13-10-17(11-14-23)22-19(20-3)21-15-16(2)24-18-8-6-5-7-9-18;/h5-9,16-17H,4,10-15H2,1-3H3,(H2,20,21,22);1H. The maximum Gasteiger partial charge on any atom is 0.191 e. The van der Waals surface area contributed by atoms with Crippen molar-refractivity contribution in [1.29, 1.82) is 0 Å². The van der Waals surface area contributed by atoms with Crippen molar-refractivity contribution in [2.75, 3.05) is 33.2 Å². The van der Waals surface area contributed by atoms with E-state index in [1.807, 2.05) is 18.8 Å². The minimum Gasteiger partial charge on any atom is -0.355 e. The SMILES string of the molecule is CCCN1CCC(NC(=NC)NCC(C)Sc2ccccc2)CC1.I. The van der Waals surface area contributed by atoms with Gasteiger partial charge < -0.3 is 15.5 Å². The normalized spacial score (nSPS) is 17.6. The third kappa shape index (κ3) is 8.64. The molecule has 1 aliphatic rings. The van der Waals surface area contributed by atoms with Gasteiger partial charge >= 0.3 is 0 Å². The van der Waals surface area contributed by atoms with Gasteiger partial charge in [0.05, 0.1) is 0 Å². The van der Waals surface area contributed by atoms with Crippen LogP contribution in [0, 0.1) is 0 Å². The topological polar surface area (TPSA) is 39.7 Å². The molecule has 0 radical (unpaired) electrons. The molecule has 4 nitrogen and oxygen atoms in total. The fraction of sp³-hybridized carbons (Fsp3) is 0.632. The summed E-state index contributed by atoms with van der Waals surface area (Å²) in [7, 11) is 1.86. The van der Waals surface area contributed by atoms with Crippen molar-refractivity contribution in [2.45, 2.75) is 49.3 Å². The monoisotopic (exact) mass is 476 g/mol. The molecule has 0 saturated carbocycles. The summed E-state index contributed by atoms with van der Waals surface area (Å²) in [5.74, 6) is 0.935. The van der Waals surface area contributed by atoms with Gasteiger partial charge in [0.15, 0.2) is 5.96 Å². The van der Waals surface area contributed by atoms with Crippen molar-refractivity contribution in [3.63, 3.8) is 0 Å². The predicted molar refractivity (Wildman–Crippen MR) is 121 cm³/mol. The molecule has 1 heterocycles. The van der Waals surface area contributed by atoms with Crippen molar-refractivity contribution >= 4 is 41.7 Å². The molecule has 0 bridgehead atoms. The van der Waals surface area contributed by atoms with Crippen LogP contribution < -0.4 is 10.6 Å². The van der Waals surface area contributed by atoms with Gasteiger partial charge in [0, 0.05) is 42.9 Å². The Balaban J connectivity index is 0.00000312. The molecule has 1 unspecified atom stereocenters. The Hall–Kier alpha value is -0.470. The van der Waals surface area contributed by atoms with Crippen LogP contribution in [-0.4, -0.2) is 55.4 Å². The van der Waals surface area contributed by atoms with E-state index in [9.17, 15) is 0 Å². The lowest BCUT2D eigenvalue weighted by Gasteiger charge is -2.33. The average Bonchev–Trinajstić information content (AvgIpc) is 2.61. The number of hydrogen-bond acceptors (Lipinski definition) is 3. The quantitative estimate of drug-likeness (QED) is 0.272. The van der Waals surface area contributed by atoms with Gasteiger partial charge in [-0.15, -0.1) is 35.7 Å². The molecule has 25 heavy (non-hydrogen) atoms. The molecule has 0 aliphatic carbocycles. The van der Waals surface area contributed by atoms with E-state index in [4.69, 9.17) is 0 Å². The Labute approximate surface area is 174 Å². The highest BCUT2D eigenvalue weighted by Crippen LogP contribution is 2.21. The maximum atomic E-state index is 4.39. The number of hydrogen-bond donors (Lipinski definition) is 2. The van der Waals surface area contributed by atoms with Gasteiger partial charge in [0.25, 0.3) is 0 Å². The van der Waals surface area contributed by atoms with E-state index >= 15 is 0 Å². The molecule has 142 valence electrons. The van der Waals surface area contributed by atoms with Crippen molar-refractivity contribution in [3.8, 4) is 0 Å². The zero-order valence-electron chi connectivity index (χ0n) is 15.7. The van der Waals surface area contributed by atoms with Gasteiger partial charge in [0.1, 0.15) is 0 Å². The Morgan fingerprint density at radius 3 is 2.56 bits per heavy atom. The van der Waals surface area contributed by atoms with Crippen LogP contribution in [0.3, 0.4) is 0 Å². The fourth-order valence-electron chi connectivity index (χ4n) is 3.02. The summed E-state index contributed by atoms with van der Waals surface area (Å²) in [6.45, 7) is 9.04. The van der Waals surface area contributed by atoms with E-state index in [0.29, 0.717) is 11.3 Å². The number of piperidine rings is 1. The van der Waals surface area contributed by atoms with Crippen LogP contribution in [0.2, 0.25) is 0 Å². The number of nitrogens with zero attached hydrogens (tertiary/aromatic N) is 2. The molecular weight excluding hydrogens is 443 g/mol.